The van der Waals surface area contributed by atoms with Crippen molar-refractivity contribution in [2.24, 2.45) is 16.7 Å². The molecule has 1 heterocycles. The van der Waals surface area contributed by atoms with Crippen LogP contribution in [0.25, 0.3) is 0 Å². The lowest BCUT2D eigenvalue weighted by Gasteiger charge is -2.58. The van der Waals surface area contributed by atoms with Crippen molar-refractivity contribution in [2.45, 2.75) is 71.4 Å². The number of carbonyl (C=O) groups excluding carboxylic acids is 2. The Hall–Kier alpha value is -2.49. The van der Waals surface area contributed by atoms with Crippen LogP contribution in [0.15, 0.2) is 24.3 Å². The van der Waals surface area contributed by atoms with Crippen LogP contribution in [0.3, 0.4) is 0 Å². The summed E-state index contributed by atoms with van der Waals surface area (Å²) in [5, 5.41) is 27.7. The normalized spacial score (nSPS) is 29.3. The largest absolute Gasteiger partial charge is 0.497 e. The summed E-state index contributed by atoms with van der Waals surface area (Å²) in [6.45, 7) is 7.86. The van der Waals surface area contributed by atoms with Crippen LogP contribution >= 0.6 is 11.3 Å². The molecule has 1 fully saturated rings. The third kappa shape index (κ3) is 4.76. The Morgan fingerprint density at radius 1 is 1.25 bits per heavy atom. The number of ether oxygens (including phenoxy) is 1. The van der Waals surface area contributed by atoms with E-state index in [0.717, 1.165) is 17.0 Å². The minimum atomic E-state index is -0.687. The van der Waals surface area contributed by atoms with Gasteiger partial charge in [-0.25, -0.2) is 4.98 Å². The van der Waals surface area contributed by atoms with Gasteiger partial charge >= 0.3 is 0 Å². The lowest BCUT2D eigenvalue weighted by molar-refractivity contribution is -0.144. The number of benzene rings is 1. The highest BCUT2D eigenvalue weighted by molar-refractivity contribution is 7.15. The molecule has 2 amide bonds. The first kappa shape index (κ1) is 26.6. The summed E-state index contributed by atoms with van der Waals surface area (Å²) in [7, 11) is 1.58. The van der Waals surface area contributed by atoms with Crippen LogP contribution in [0, 0.1) is 16.7 Å². The number of aromatic nitrogens is 1. The van der Waals surface area contributed by atoms with Gasteiger partial charge in [-0.3, -0.25) is 14.9 Å². The van der Waals surface area contributed by atoms with E-state index in [-0.39, 0.29) is 48.1 Å². The Morgan fingerprint density at radius 2 is 1.94 bits per heavy atom. The van der Waals surface area contributed by atoms with Gasteiger partial charge in [-0.05, 0) is 68.7 Å². The van der Waals surface area contributed by atoms with Crippen molar-refractivity contribution in [1.82, 2.24) is 10.3 Å². The summed E-state index contributed by atoms with van der Waals surface area (Å²) in [6.07, 6.45) is 1.59. The van der Waals surface area contributed by atoms with Crippen LogP contribution in [-0.4, -0.2) is 52.9 Å². The fourth-order valence-corrected chi connectivity index (χ4v) is 7.24. The second kappa shape index (κ2) is 10.1. The zero-order valence-corrected chi connectivity index (χ0v) is 22.4. The second-order valence-corrected chi connectivity index (χ2v) is 12.1. The average Bonchev–Trinajstić information content (AvgIpc) is 3.24. The maximum atomic E-state index is 13.0. The second-order valence-electron chi connectivity index (χ2n) is 11.0. The van der Waals surface area contributed by atoms with Crippen LogP contribution in [0.5, 0.6) is 5.75 Å². The van der Waals surface area contributed by atoms with Crippen LogP contribution in [0.4, 0.5) is 5.13 Å². The zero-order valence-electron chi connectivity index (χ0n) is 21.6. The number of aliphatic hydroxyl groups is 2. The van der Waals surface area contributed by atoms with Crippen molar-refractivity contribution in [3.05, 3.63) is 40.4 Å². The van der Waals surface area contributed by atoms with E-state index in [1.54, 1.807) is 31.4 Å². The van der Waals surface area contributed by atoms with Crippen molar-refractivity contribution >= 4 is 28.3 Å². The molecule has 0 aliphatic heterocycles. The molecular weight excluding hydrogens is 478 g/mol. The molecule has 2 aromatic rings. The van der Waals surface area contributed by atoms with Gasteiger partial charge in [0.05, 0.1) is 25.5 Å². The van der Waals surface area contributed by atoms with Gasteiger partial charge in [0, 0.05) is 34.2 Å². The maximum Gasteiger partial charge on any atom is 0.257 e. The Balaban J connectivity index is 1.69. The number of fused-ring (bicyclic) bond motifs is 2. The molecule has 0 radical (unpaired) electrons. The summed E-state index contributed by atoms with van der Waals surface area (Å²) in [5.74, 6) is 0.136. The van der Waals surface area contributed by atoms with Gasteiger partial charge in [0.25, 0.3) is 5.91 Å². The number of anilines is 1. The van der Waals surface area contributed by atoms with Crippen LogP contribution < -0.4 is 15.4 Å². The number of aliphatic hydroxyl groups excluding tert-OH is 2. The molecule has 2 aliphatic rings. The highest BCUT2D eigenvalue weighted by Gasteiger charge is 2.59. The molecule has 1 aromatic carbocycles. The van der Waals surface area contributed by atoms with Gasteiger partial charge in [0.2, 0.25) is 5.91 Å². The highest BCUT2D eigenvalue weighted by atomic mass is 32.1. The lowest BCUT2D eigenvalue weighted by Crippen LogP contribution is -2.57. The van der Waals surface area contributed by atoms with Gasteiger partial charge < -0.3 is 20.3 Å². The molecule has 1 aromatic heterocycles. The minimum absolute atomic E-state index is 0.0230. The molecule has 0 saturated heterocycles. The van der Waals surface area contributed by atoms with E-state index in [1.807, 2.05) is 20.8 Å². The van der Waals surface area contributed by atoms with Crippen LogP contribution in [0.1, 0.15) is 73.8 Å². The molecular formula is C27H37N3O5S. The standard InChI is InChI=1S/C27H37N3O5S/c1-15(2)28-22(33)12-18-23-19(13-20-26(18,3)11-10-21(32)27(20,4)14-31)36-25(29-23)30-24(34)16-6-8-17(35-5)9-7-16/h6-9,15,18,20-21,31-32H,10-14H2,1-5H3,(H,28,33)(H,29,30,34). The fraction of sp³-hybridized carbons (Fsp3) is 0.593. The lowest BCUT2D eigenvalue weighted by atomic mass is 9.47. The number of nitrogens with one attached hydrogen (secondary N) is 2. The first-order valence-corrected chi connectivity index (χ1v) is 13.4. The third-order valence-electron chi connectivity index (χ3n) is 8.31. The summed E-state index contributed by atoms with van der Waals surface area (Å²) >= 11 is 1.41. The summed E-state index contributed by atoms with van der Waals surface area (Å²) in [4.78, 5) is 31.7. The molecule has 9 heteroatoms. The SMILES string of the molecule is COc1ccc(C(=O)Nc2nc3c(s2)CC2C(C)(CO)C(O)CCC2(C)C3CC(=O)NC(C)C)cc1. The van der Waals surface area contributed by atoms with Crippen molar-refractivity contribution in [2.75, 3.05) is 19.0 Å². The number of hydrogen-bond donors (Lipinski definition) is 4. The van der Waals surface area contributed by atoms with E-state index in [1.165, 1.54) is 11.3 Å². The summed E-state index contributed by atoms with van der Waals surface area (Å²) in [6, 6.07) is 6.89. The van der Waals surface area contributed by atoms with E-state index in [2.05, 4.69) is 17.6 Å². The number of thiazole rings is 1. The molecule has 8 nitrogen and oxygen atoms in total. The monoisotopic (exact) mass is 515 g/mol. The molecule has 5 atom stereocenters. The van der Waals surface area contributed by atoms with Crippen molar-refractivity contribution in [3.8, 4) is 5.75 Å². The third-order valence-corrected chi connectivity index (χ3v) is 9.31. The quantitative estimate of drug-likeness (QED) is 0.446. The zero-order chi connectivity index (χ0) is 26.3. The van der Waals surface area contributed by atoms with Gasteiger partial charge in [-0.1, -0.05) is 13.8 Å². The van der Waals surface area contributed by atoms with Crippen LogP contribution in [-0.2, 0) is 11.2 Å². The first-order chi connectivity index (χ1) is 17.0. The Morgan fingerprint density at radius 3 is 2.56 bits per heavy atom. The fourth-order valence-electron chi connectivity index (χ4n) is 6.18. The molecule has 196 valence electrons. The molecule has 2 aliphatic carbocycles. The van der Waals surface area contributed by atoms with Gasteiger partial charge in [-0.15, -0.1) is 11.3 Å². The number of methoxy groups -OCH3 is 1. The number of hydrogen-bond acceptors (Lipinski definition) is 7. The van der Waals surface area contributed by atoms with Crippen molar-refractivity contribution < 1.29 is 24.5 Å². The van der Waals surface area contributed by atoms with Gasteiger partial charge in [-0.2, -0.15) is 0 Å². The topological polar surface area (TPSA) is 121 Å². The number of carbonyl (C=O) groups is 2. The molecule has 0 bridgehead atoms. The number of nitrogens with zero attached hydrogens (tertiary/aromatic N) is 1. The molecule has 36 heavy (non-hydrogen) atoms. The average molecular weight is 516 g/mol. The van der Waals surface area contributed by atoms with E-state index >= 15 is 0 Å². The van der Waals surface area contributed by atoms with Crippen LogP contribution in [0.2, 0.25) is 0 Å². The van der Waals surface area contributed by atoms with Gasteiger partial charge in [0.1, 0.15) is 5.75 Å². The molecule has 0 spiro atoms. The van der Waals surface area contributed by atoms with Crippen molar-refractivity contribution in [3.63, 3.8) is 0 Å². The molecule has 1 saturated carbocycles. The van der Waals surface area contributed by atoms with E-state index < -0.39 is 11.5 Å². The predicted octanol–water partition coefficient (Wildman–Crippen LogP) is 3.73. The molecule has 4 rings (SSSR count). The molecule has 4 N–H and O–H groups in total. The first-order valence-electron chi connectivity index (χ1n) is 12.5. The Bertz CT molecular complexity index is 1120. The molecule has 5 unspecified atom stereocenters. The predicted molar refractivity (Wildman–Crippen MR) is 139 cm³/mol. The maximum absolute atomic E-state index is 13.0. The summed E-state index contributed by atoms with van der Waals surface area (Å²) < 4.78 is 5.17. The Kier molecular flexibility index (Phi) is 7.46. The van der Waals surface area contributed by atoms with Gasteiger partial charge in [0.15, 0.2) is 5.13 Å². The highest BCUT2D eigenvalue weighted by Crippen LogP contribution is 2.62. The summed E-state index contributed by atoms with van der Waals surface area (Å²) in [5.41, 5.74) is 0.324. The minimum Gasteiger partial charge on any atom is -0.497 e. The van der Waals surface area contributed by atoms with E-state index in [4.69, 9.17) is 9.72 Å². The smallest absolute Gasteiger partial charge is 0.257 e. The van der Waals surface area contributed by atoms with E-state index in [0.29, 0.717) is 29.3 Å². The van der Waals surface area contributed by atoms with Crippen molar-refractivity contribution in [1.29, 1.82) is 0 Å². The number of rotatable bonds is 7. The Labute approximate surface area is 216 Å². The number of amides is 2. The van der Waals surface area contributed by atoms with E-state index in [9.17, 15) is 19.8 Å².